The Bertz CT molecular complexity index is 1090. The molecule has 0 amide bonds. The van der Waals surface area contributed by atoms with Crippen molar-refractivity contribution in [1.29, 1.82) is 0 Å². The van der Waals surface area contributed by atoms with Gasteiger partial charge >= 0.3 is 5.97 Å². The quantitative estimate of drug-likeness (QED) is 0.356. The largest absolute Gasteiger partial charge is 0.493 e. The van der Waals surface area contributed by atoms with Crippen LogP contribution in [0.3, 0.4) is 0 Å². The Balaban J connectivity index is 1.59. The predicted molar refractivity (Wildman–Crippen MR) is 116 cm³/mol. The lowest BCUT2D eigenvalue weighted by Crippen LogP contribution is -2.03. The minimum atomic E-state index is -0.479. The van der Waals surface area contributed by atoms with Crippen LogP contribution in [-0.4, -0.2) is 19.0 Å². The van der Waals surface area contributed by atoms with Crippen LogP contribution < -0.4 is 9.47 Å². The first-order chi connectivity index (χ1) is 14.1. The number of carbonyl (C=O) groups excluding carboxylic acids is 1. The van der Waals surface area contributed by atoms with Crippen LogP contribution in [0.25, 0.3) is 6.08 Å². The zero-order valence-electron chi connectivity index (χ0n) is 15.4. The number of cyclic esters (lactones) is 1. The van der Waals surface area contributed by atoms with Crippen molar-refractivity contribution in [2.45, 2.75) is 6.61 Å². The zero-order valence-corrected chi connectivity index (χ0v) is 17.8. The van der Waals surface area contributed by atoms with E-state index in [4.69, 9.17) is 14.2 Å². The first-order valence-electron chi connectivity index (χ1n) is 8.75. The zero-order chi connectivity index (χ0) is 20.2. The second-order valence-corrected chi connectivity index (χ2v) is 7.92. The highest BCUT2D eigenvalue weighted by Crippen LogP contribution is 2.38. The van der Waals surface area contributed by atoms with Crippen LogP contribution in [0.4, 0.5) is 0 Å². The van der Waals surface area contributed by atoms with Crippen molar-refractivity contribution < 1.29 is 19.0 Å². The molecule has 146 valence electrons. The predicted octanol–water partition coefficient (Wildman–Crippen LogP) is 5.44. The number of nitrogens with zero attached hydrogens (tertiary/aromatic N) is 1. The molecule has 2 aromatic carbocycles. The van der Waals surface area contributed by atoms with E-state index in [9.17, 15) is 4.79 Å². The van der Waals surface area contributed by atoms with E-state index in [0.717, 1.165) is 16.0 Å². The van der Waals surface area contributed by atoms with Gasteiger partial charge in [-0.15, -0.1) is 11.3 Å². The lowest BCUT2D eigenvalue weighted by atomic mass is 10.1. The van der Waals surface area contributed by atoms with Crippen molar-refractivity contribution in [2.75, 3.05) is 7.11 Å². The molecule has 0 fully saturated rings. The molecule has 0 unspecified atom stereocenters. The number of aliphatic imine (C=N–C) groups is 1. The van der Waals surface area contributed by atoms with Crippen LogP contribution in [0.1, 0.15) is 16.0 Å². The minimum absolute atomic E-state index is 0.236. The number of hydrogen-bond acceptors (Lipinski definition) is 6. The molecule has 2 heterocycles. The van der Waals surface area contributed by atoms with Gasteiger partial charge in [0.15, 0.2) is 17.2 Å². The summed E-state index contributed by atoms with van der Waals surface area (Å²) in [6, 6.07) is 17.3. The Kier molecular flexibility index (Phi) is 5.78. The van der Waals surface area contributed by atoms with Gasteiger partial charge in [0.1, 0.15) is 6.61 Å². The van der Waals surface area contributed by atoms with Gasteiger partial charge in [0.25, 0.3) is 0 Å². The van der Waals surface area contributed by atoms with Crippen LogP contribution in [0.5, 0.6) is 11.5 Å². The Morgan fingerprint density at radius 2 is 2.00 bits per heavy atom. The summed E-state index contributed by atoms with van der Waals surface area (Å²) in [6.07, 6.45) is 1.66. The first-order valence-corrected chi connectivity index (χ1v) is 10.4. The molecule has 7 heteroatoms. The maximum Gasteiger partial charge on any atom is 0.363 e. The Morgan fingerprint density at radius 3 is 2.72 bits per heavy atom. The molecule has 4 rings (SSSR count). The van der Waals surface area contributed by atoms with Crippen LogP contribution >= 0.6 is 27.3 Å². The van der Waals surface area contributed by atoms with E-state index in [-0.39, 0.29) is 5.70 Å². The first kappa shape index (κ1) is 19.4. The number of hydrogen-bond donors (Lipinski definition) is 0. The van der Waals surface area contributed by atoms with Gasteiger partial charge in [-0.05, 0) is 56.7 Å². The van der Waals surface area contributed by atoms with Crippen molar-refractivity contribution in [3.05, 3.63) is 86.2 Å². The second-order valence-electron chi connectivity index (χ2n) is 6.12. The third-order valence-corrected chi connectivity index (χ3v) is 5.58. The molecule has 1 aromatic heterocycles. The number of ether oxygens (including phenoxy) is 3. The smallest absolute Gasteiger partial charge is 0.363 e. The van der Waals surface area contributed by atoms with Gasteiger partial charge < -0.3 is 14.2 Å². The summed E-state index contributed by atoms with van der Waals surface area (Å²) in [5, 5.41) is 1.91. The second kappa shape index (κ2) is 8.63. The SMILES string of the molecule is COc1cc(/C=C2\N=C(c3cccs3)OC2=O)cc(Br)c1OCc1ccccc1. The van der Waals surface area contributed by atoms with Crippen molar-refractivity contribution >= 4 is 45.2 Å². The van der Waals surface area contributed by atoms with Crippen LogP contribution in [0.15, 0.2) is 75.1 Å². The van der Waals surface area contributed by atoms with Crippen molar-refractivity contribution in [3.63, 3.8) is 0 Å². The summed E-state index contributed by atoms with van der Waals surface area (Å²) in [7, 11) is 1.57. The highest BCUT2D eigenvalue weighted by molar-refractivity contribution is 9.10. The average molecular weight is 470 g/mol. The molecule has 1 aliphatic heterocycles. The molecule has 0 bridgehead atoms. The fourth-order valence-corrected chi connectivity index (χ4v) is 3.99. The maximum atomic E-state index is 12.2. The topological polar surface area (TPSA) is 57.1 Å². The molecule has 0 spiro atoms. The third kappa shape index (κ3) is 4.41. The summed E-state index contributed by atoms with van der Waals surface area (Å²) in [5.41, 5.74) is 2.03. The van der Waals surface area contributed by atoms with E-state index in [0.29, 0.717) is 28.5 Å². The van der Waals surface area contributed by atoms with E-state index in [1.165, 1.54) is 11.3 Å². The molecule has 0 atom stereocenters. The summed E-state index contributed by atoms with van der Waals surface area (Å²) >= 11 is 5.00. The molecular weight excluding hydrogens is 454 g/mol. The van der Waals surface area contributed by atoms with Crippen LogP contribution in [0.2, 0.25) is 0 Å². The van der Waals surface area contributed by atoms with Gasteiger partial charge in [0, 0.05) is 0 Å². The van der Waals surface area contributed by atoms with Crippen LogP contribution in [0, 0.1) is 0 Å². The van der Waals surface area contributed by atoms with E-state index in [1.807, 2.05) is 53.9 Å². The fraction of sp³-hybridized carbons (Fsp3) is 0.0909. The van der Waals surface area contributed by atoms with Gasteiger partial charge in [0.2, 0.25) is 5.90 Å². The Morgan fingerprint density at radius 1 is 1.17 bits per heavy atom. The van der Waals surface area contributed by atoms with E-state index >= 15 is 0 Å². The van der Waals surface area contributed by atoms with E-state index in [1.54, 1.807) is 19.3 Å². The fourth-order valence-electron chi connectivity index (χ4n) is 2.77. The van der Waals surface area contributed by atoms with E-state index < -0.39 is 5.97 Å². The number of esters is 1. The monoisotopic (exact) mass is 469 g/mol. The average Bonchev–Trinajstić information content (AvgIpc) is 3.38. The molecule has 3 aromatic rings. The summed E-state index contributed by atoms with van der Waals surface area (Å²) in [5.74, 6) is 0.990. The van der Waals surface area contributed by atoms with Gasteiger partial charge in [-0.2, -0.15) is 0 Å². The molecule has 0 saturated heterocycles. The van der Waals surface area contributed by atoms with Gasteiger partial charge in [-0.25, -0.2) is 9.79 Å². The van der Waals surface area contributed by atoms with Crippen molar-refractivity contribution in [1.82, 2.24) is 0 Å². The molecule has 5 nitrogen and oxygen atoms in total. The molecule has 0 radical (unpaired) electrons. The number of methoxy groups -OCH3 is 1. The highest BCUT2D eigenvalue weighted by Gasteiger charge is 2.25. The molecule has 29 heavy (non-hydrogen) atoms. The molecule has 1 aliphatic rings. The summed E-state index contributed by atoms with van der Waals surface area (Å²) in [4.78, 5) is 17.3. The van der Waals surface area contributed by atoms with Gasteiger partial charge in [0.05, 0.1) is 16.5 Å². The number of rotatable bonds is 6. The lowest BCUT2D eigenvalue weighted by Gasteiger charge is -2.13. The maximum absolute atomic E-state index is 12.2. The Labute approximate surface area is 180 Å². The Hall–Kier alpha value is -2.90. The third-order valence-electron chi connectivity index (χ3n) is 4.13. The van der Waals surface area contributed by atoms with Gasteiger partial charge in [-0.3, -0.25) is 0 Å². The molecule has 0 saturated carbocycles. The normalized spacial score (nSPS) is 14.6. The molecule has 0 N–H and O–H groups in total. The van der Waals surface area contributed by atoms with Gasteiger partial charge in [-0.1, -0.05) is 36.4 Å². The number of benzene rings is 2. The number of halogens is 1. The van der Waals surface area contributed by atoms with Crippen molar-refractivity contribution in [2.24, 2.45) is 4.99 Å². The number of carbonyl (C=O) groups is 1. The highest BCUT2D eigenvalue weighted by atomic mass is 79.9. The minimum Gasteiger partial charge on any atom is -0.493 e. The number of thiophene rings is 1. The summed E-state index contributed by atoms with van der Waals surface area (Å²) < 4.78 is 17.4. The summed E-state index contributed by atoms with van der Waals surface area (Å²) in [6.45, 7) is 0.414. The van der Waals surface area contributed by atoms with Crippen LogP contribution in [-0.2, 0) is 16.1 Å². The molecular formula is C22H16BrNO4S. The molecule has 0 aliphatic carbocycles. The van der Waals surface area contributed by atoms with Crippen molar-refractivity contribution in [3.8, 4) is 11.5 Å². The van der Waals surface area contributed by atoms with E-state index in [2.05, 4.69) is 20.9 Å². The standard InChI is InChI=1S/C22H16BrNO4S/c1-26-18-12-15(10-16(23)20(18)27-13-14-6-3-2-4-7-14)11-17-22(25)28-21(24-17)19-8-5-9-29-19/h2-12H,13H2,1H3/b17-11-. The lowest BCUT2D eigenvalue weighted by molar-refractivity contribution is -0.129.